The number of esters is 1. The topological polar surface area (TPSA) is 55.8 Å². The molecule has 0 aliphatic carbocycles. The Morgan fingerprint density at radius 3 is 1.43 bits per heavy atom. The fourth-order valence-electron chi connectivity index (χ4n) is 4.93. The maximum atomic E-state index is 11.9. The van der Waals surface area contributed by atoms with Crippen LogP contribution in [0.1, 0.15) is 175 Å². The summed E-state index contributed by atoms with van der Waals surface area (Å²) in [5.74, 6) is 0.365. The van der Waals surface area contributed by atoms with Crippen LogP contribution in [0.15, 0.2) is 0 Å². The van der Waals surface area contributed by atoms with Gasteiger partial charge in [-0.05, 0) is 18.8 Å². The minimum Gasteiger partial charge on any atom is -0.463 e. The number of aliphatic hydroxyl groups is 1. The van der Waals surface area contributed by atoms with Gasteiger partial charge in [0.1, 0.15) is 12.7 Å². The highest BCUT2D eigenvalue weighted by atomic mass is 16.5. The first-order valence-corrected chi connectivity index (χ1v) is 16.5. The zero-order valence-electron chi connectivity index (χ0n) is 25.4. The summed E-state index contributed by atoms with van der Waals surface area (Å²) < 4.78 is 10.9. The second kappa shape index (κ2) is 29.9. The van der Waals surface area contributed by atoms with Crippen molar-refractivity contribution in [2.75, 3.05) is 19.8 Å². The quantitative estimate of drug-likeness (QED) is 0.0747. The number of carbonyl (C=O) groups is 1. The third-order valence-electron chi connectivity index (χ3n) is 7.63. The molecule has 0 aliphatic rings. The van der Waals surface area contributed by atoms with Crippen molar-refractivity contribution in [3.05, 3.63) is 0 Å². The molecule has 0 fully saturated rings. The van der Waals surface area contributed by atoms with Gasteiger partial charge in [0.25, 0.3) is 0 Å². The molecule has 4 heteroatoms. The summed E-state index contributed by atoms with van der Waals surface area (Å²) >= 11 is 0. The van der Waals surface area contributed by atoms with Crippen LogP contribution >= 0.6 is 0 Å². The van der Waals surface area contributed by atoms with Crippen molar-refractivity contribution in [3.8, 4) is 0 Å². The van der Waals surface area contributed by atoms with Gasteiger partial charge in [0.05, 0.1) is 6.61 Å². The molecule has 0 amide bonds. The number of aliphatic hydroxyl groups excluding tert-OH is 1. The fraction of sp³-hybridized carbons (Fsp3) is 0.970. The zero-order chi connectivity index (χ0) is 27.2. The van der Waals surface area contributed by atoms with Gasteiger partial charge in [-0.15, -0.1) is 0 Å². The number of rotatable bonds is 30. The molecule has 0 heterocycles. The molecule has 1 N–H and O–H groups in total. The van der Waals surface area contributed by atoms with Crippen LogP contribution in [0.5, 0.6) is 0 Å². The van der Waals surface area contributed by atoms with Crippen LogP contribution in [0.4, 0.5) is 0 Å². The van der Waals surface area contributed by atoms with Crippen molar-refractivity contribution in [2.24, 2.45) is 5.92 Å². The van der Waals surface area contributed by atoms with Crippen molar-refractivity contribution in [3.63, 3.8) is 0 Å². The third-order valence-corrected chi connectivity index (χ3v) is 7.63. The molecule has 0 aromatic heterocycles. The van der Waals surface area contributed by atoms with E-state index >= 15 is 0 Å². The molecule has 4 nitrogen and oxygen atoms in total. The van der Waals surface area contributed by atoms with Gasteiger partial charge >= 0.3 is 5.97 Å². The number of carbonyl (C=O) groups excluding carboxylic acids is 1. The Balaban J connectivity index is 3.33. The smallest absolute Gasteiger partial charge is 0.305 e. The highest BCUT2D eigenvalue weighted by molar-refractivity contribution is 5.69. The molecule has 0 bridgehead atoms. The molecule has 0 spiro atoms. The molecule has 0 aromatic carbocycles. The van der Waals surface area contributed by atoms with Crippen molar-refractivity contribution in [2.45, 2.75) is 181 Å². The normalized spacial score (nSPS) is 13.1. The van der Waals surface area contributed by atoms with Gasteiger partial charge in [-0.2, -0.15) is 0 Å². The summed E-state index contributed by atoms with van der Waals surface area (Å²) in [6.45, 7) is 7.64. The van der Waals surface area contributed by atoms with E-state index in [1.54, 1.807) is 0 Å². The molecular weight excluding hydrogens is 460 g/mol. The van der Waals surface area contributed by atoms with Crippen LogP contribution in [0.2, 0.25) is 0 Å². The SMILES string of the molecule is CCCCCCCCCCCCCCCCCCCCCC(=O)OC[C@@H](O)COC[C@H](CC)CCCC. The molecule has 0 saturated carbocycles. The molecule has 37 heavy (non-hydrogen) atoms. The largest absolute Gasteiger partial charge is 0.463 e. The molecule has 0 radical (unpaired) electrons. The Morgan fingerprint density at radius 1 is 0.568 bits per heavy atom. The van der Waals surface area contributed by atoms with Gasteiger partial charge in [0, 0.05) is 13.0 Å². The van der Waals surface area contributed by atoms with E-state index in [1.807, 2.05) is 0 Å². The van der Waals surface area contributed by atoms with E-state index in [1.165, 1.54) is 128 Å². The van der Waals surface area contributed by atoms with Gasteiger partial charge < -0.3 is 14.6 Å². The fourth-order valence-corrected chi connectivity index (χ4v) is 4.93. The van der Waals surface area contributed by atoms with Crippen LogP contribution in [-0.2, 0) is 14.3 Å². The molecule has 0 aliphatic heterocycles. The third kappa shape index (κ3) is 28.2. The Labute approximate surface area is 232 Å². The molecule has 0 unspecified atom stereocenters. The lowest BCUT2D eigenvalue weighted by Crippen LogP contribution is -2.25. The number of ether oxygens (including phenoxy) is 2. The van der Waals surface area contributed by atoms with Gasteiger partial charge in [0.15, 0.2) is 0 Å². The maximum absolute atomic E-state index is 11.9. The van der Waals surface area contributed by atoms with Crippen molar-refractivity contribution < 1.29 is 19.4 Å². The maximum Gasteiger partial charge on any atom is 0.305 e. The predicted octanol–water partition coefficient (Wildman–Crippen LogP) is 9.95. The van der Waals surface area contributed by atoms with E-state index in [0.29, 0.717) is 18.9 Å². The van der Waals surface area contributed by atoms with E-state index in [9.17, 15) is 9.90 Å². The summed E-state index contributed by atoms with van der Waals surface area (Å²) in [6, 6.07) is 0. The van der Waals surface area contributed by atoms with Gasteiger partial charge in [-0.1, -0.05) is 156 Å². The van der Waals surface area contributed by atoms with Crippen molar-refractivity contribution >= 4 is 5.97 Å². The Morgan fingerprint density at radius 2 is 1.00 bits per heavy atom. The lowest BCUT2D eigenvalue weighted by atomic mass is 10.0. The zero-order valence-corrected chi connectivity index (χ0v) is 25.4. The lowest BCUT2D eigenvalue weighted by Gasteiger charge is -2.17. The van der Waals surface area contributed by atoms with Gasteiger partial charge in [0.2, 0.25) is 0 Å². The predicted molar refractivity (Wildman–Crippen MR) is 159 cm³/mol. The second-order valence-corrected chi connectivity index (χ2v) is 11.4. The second-order valence-electron chi connectivity index (χ2n) is 11.4. The lowest BCUT2D eigenvalue weighted by molar-refractivity contribution is -0.148. The first-order valence-electron chi connectivity index (χ1n) is 16.5. The van der Waals surface area contributed by atoms with Crippen LogP contribution in [0, 0.1) is 5.92 Å². The Bertz CT molecular complexity index is 454. The first-order chi connectivity index (χ1) is 18.1. The molecule has 2 atom stereocenters. The van der Waals surface area contributed by atoms with E-state index < -0.39 is 6.10 Å². The molecular formula is C33H66O4. The van der Waals surface area contributed by atoms with E-state index in [-0.39, 0.29) is 19.2 Å². The monoisotopic (exact) mass is 526 g/mol. The van der Waals surface area contributed by atoms with Crippen molar-refractivity contribution in [1.29, 1.82) is 0 Å². The minimum absolute atomic E-state index is 0.0453. The van der Waals surface area contributed by atoms with Crippen molar-refractivity contribution in [1.82, 2.24) is 0 Å². The van der Waals surface area contributed by atoms with Crippen LogP contribution in [-0.4, -0.2) is 37.0 Å². The number of unbranched alkanes of at least 4 members (excludes halogenated alkanes) is 19. The first kappa shape index (κ1) is 36.4. The van der Waals surface area contributed by atoms with Crippen LogP contribution < -0.4 is 0 Å². The Kier molecular flexibility index (Phi) is 29.4. The highest BCUT2D eigenvalue weighted by Gasteiger charge is 2.11. The van der Waals surface area contributed by atoms with E-state index in [4.69, 9.17) is 9.47 Å². The summed E-state index contributed by atoms with van der Waals surface area (Å²) in [5.41, 5.74) is 0. The van der Waals surface area contributed by atoms with Crippen LogP contribution in [0.3, 0.4) is 0 Å². The summed E-state index contributed by atoms with van der Waals surface area (Å²) in [6.07, 6.45) is 30.1. The minimum atomic E-state index is -0.724. The average molecular weight is 527 g/mol. The van der Waals surface area contributed by atoms with E-state index in [0.717, 1.165) is 19.3 Å². The van der Waals surface area contributed by atoms with Gasteiger partial charge in [-0.25, -0.2) is 0 Å². The number of hydrogen-bond acceptors (Lipinski definition) is 4. The van der Waals surface area contributed by atoms with Crippen LogP contribution in [0.25, 0.3) is 0 Å². The van der Waals surface area contributed by atoms with Gasteiger partial charge in [-0.3, -0.25) is 4.79 Å². The summed E-state index contributed by atoms with van der Waals surface area (Å²) in [5, 5.41) is 9.99. The average Bonchev–Trinajstić information content (AvgIpc) is 2.90. The number of hydrogen-bond donors (Lipinski definition) is 1. The molecule has 222 valence electrons. The summed E-state index contributed by atoms with van der Waals surface area (Å²) in [4.78, 5) is 11.9. The Hall–Kier alpha value is -0.610. The standard InChI is InChI=1S/C33H66O4/c1-4-7-9-10-11-12-13-14-15-16-17-18-19-20-21-22-23-24-25-27-33(35)37-30-32(34)29-36-28-31(6-3)26-8-5-2/h31-32,34H,4-30H2,1-3H3/t31-,32+/m1/s1. The highest BCUT2D eigenvalue weighted by Crippen LogP contribution is 2.15. The summed E-state index contributed by atoms with van der Waals surface area (Å²) in [7, 11) is 0. The molecule has 0 aromatic rings. The van der Waals surface area contributed by atoms with E-state index in [2.05, 4.69) is 20.8 Å². The molecule has 0 rings (SSSR count). The molecule has 0 saturated heterocycles.